The van der Waals surface area contributed by atoms with E-state index >= 15 is 0 Å². The molecule has 0 saturated heterocycles. The molecule has 0 bridgehead atoms. The van der Waals surface area contributed by atoms with Crippen molar-refractivity contribution in [3.8, 4) is 0 Å². The summed E-state index contributed by atoms with van der Waals surface area (Å²) in [5.41, 5.74) is 2.12. The van der Waals surface area contributed by atoms with Crippen LogP contribution >= 0.6 is 15.9 Å². The molecule has 0 heterocycles. The first kappa shape index (κ1) is 15.0. The predicted octanol–water partition coefficient (Wildman–Crippen LogP) is 3.33. The molecule has 0 spiro atoms. The number of rotatable bonds is 5. The van der Waals surface area contributed by atoms with Crippen LogP contribution in [0.5, 0.6) is 0 Å². The molecule has 0 radical (unpaired) electrons. The van der Waals surface area contributed by atoms with Gasteiger partial charge in [0.05, 0.1) is 0 Å². The smallest absolute Gasteiger partial charge is 0.242 e. The summed E-state index contributed by atoms with van der Waals surface area (Å²) >= 11 is 3.48. The van der Waals surface area contributed by atoms with Gasteiger partial charge in [0.15, 0.2) is 0 Å². The molecule has 1 amide bonds. The summed E-state index contributed by atoms with van der Waals surface area (Å²) in [7, 11) is 0. The van der Waals surface area contributed by atoms with Gasteiger partial charge in [-0.15, -0.1) is 0 Å². The summed E-state index contributed by atoms with van der Waals surface area (Å²) in [6, 6.07) is 5.75. The van der Waals surface area contributed by atoms with Gasteiger partial charge >= 0.3 is 0 Å². The number of hydrogen-bond donors (Lipinski definition) is 2. The van der Waals surface area contributed by atoms with Crippen LogP contribution in [-0.4, -0.2) is 18.5 Å². The first-order chi connectivity index (χ1) is 8.40. The summed E-state index contributed by atoms with van der Waals surface area (Å²) in [6.45, 7) is 8.77. The Morgan fingerprint density at radius 2 is 2.00 bits per heavy atom. The fraction of sp³-hybridized carbons (Fsp3) is 0.500. The molecule has 0 aliphatic heterocycles. The van der Waals surface area contributed by atoms with E-state index in [9.17, 15) is 4.79 Å². The summed E-state index contributed by atoms with van der Waals surface area (Å²) < 4.78 is 1.04. The van der Waals surface area contributed by atoms with Gasteiger partial charge in [0.2, 0.25) is 5.91 Å². The lowest BCUT2D eigenvalue weighted by molar-refractivity contribution is -0.121. The van der Waals surface area contributed by atoms with Crippen LogP contribution in [0.25, 0.3) is 0 Å². The molecule has 1 aromatic rings. The molecule has 1 atom stereocenters. The van der Waals surface area contributed by atoms with E-state index < -0.39 is 0 Å². The van der Waals surface area contributed by atoms with Crippen molar-refractivity contribution in [2.24, 2.45) is 5.92 Å². The molecule has 4 heteroatoms. The standard InChI is InChI=1S/C14H21BrN2O/c1-9(2)8-16-14(18)11(4)17-12-6-5-10(3)13(15)7-12/h5-7,9,11,17H,8H2,1-4H3,(H,16,18). The molecule has 1 rings (SSSR count). The number of anilines is 1. The monoisotopic (exact) mass is 312 g/mol. The summed E-state index contributed by atoms with van der Waals surface area (Å²) in [5, 5.41) is 6.11. The molecule has 0 saturated carbocycles. The lowest BCUT2D eigenvalue weighted by Crippen LogP contribution is -2.39. The van der Waals surface area contributed by atoms with Crippen molar-refractivity contribution in [3.63, 3.8) is 0 Å². The minimum absolute atomic E-state index is 0.0281. The van der Waals surface area contributed by atoms with Crippen LogP contribution in [0.4, 0.5) is 5.69 Å². The highest BCUT2D eigenvalue weighted by atomic mass is 79.9. The van der Waals surface area contributed by atoms with E-state index in [1.807, 2.05) is 32.0 Å². The molecule has 1 unspecified atom stereocenters. The number of benzene rings is 1. The van der Waals surface area contributed by atoms with Gasteiger partial charge in [0.1, 0.15) is 6.04 Å². The van der Waals surface area contributed by atoms with Crippen LogP contribution in [0.15, 0.2) is 22.7 Å². The van der Waals surface area contributed by atoms with E-state index in [1.54, 1.807) is 0 Å². The quantitative estimate of drug-likeness (QED) is 0.875. The maximum Gasteiger partial charge on any atom is 0.242 e. The van der Waals surface area contributed by atoms with Gasteiger partial charge in [-0.1, -0.05) is 35.8 Å². The Kier molecular flexibility index (Phi) is 5.66. The lowest BCUT2D eigenvalue weighted by Gasteiger charge is -2.16. The van der Waals surface area contributed by atoms with Crippen LogP contribution in [0.1, 0.15) is 26.3 Å². The molecule has 18 heavy (non-hydrogen) atoms. The van der Waals surface area contributed by atoms with Gasteiger partial charge in [-0.3, -0.25) is 4.79 Å². The third-order valence-electron chi connectivity index (χ3n) is 2.63. The maximum atomic E-state index is 11.8. The Bertz CT molecular complexity index is 418. The van der Waals surface area contributed by atoms with Crippen LogP contribution < -0.4 is 10.6 Å². The van der Waals surface area contributed by atoms with Gasteiger partial charge in [0.25, 0.3) is 0 Å². The predicted molar refractivity (Wildman–Crippen MR) is 79.8 cm³/mol. The molecule has 0 aliphatic rings. The molecule has 0 aliphatic carbocycles. The second kappa shape index (κ2) is 6.78. The number of hydrogen-bond acceptors (Lipinski definition) is 2. The fourth-order valence-corrected chi connectivity index (χ4v) is 1.83. The third-order valence-corrected chi connectivity index (χ3v) is 3.49. The number of aryl methyl sites for hydroxylation is 1. The second-order valence-electron chi connectivity index (χ2n) is 4.97. The minimum atomic E-state index is -0.238. The Labute approximate surface area is 117 Å². The summed E-state index contributed by atoms with van der Waals surface area (Å²) in [4.78, 5) is 11.8. The van der Waals surface area contributed by atoms with Crippen LogP contribution in [-0.2, 0) is 4.79 Å². The zero-order valence-electron chi connectivity index (χ0n) is 11.4. The average Bonchev–Trinajstić information content (AvgIpc) is 2.30. The van der Waals surface area contributed by atoms with Crippen LogP contribution in [0, 0.1) is 12.8 Å². The highest BCUT2D eigenvalue weighted by Gasteiger charge is 2.12. The van der Waals surface area contributed by atoms with Gasteiger partial charge in [-0.25, -0.2) is 0 Å². The first-order valence-electron chi connectivity index (χ1n) is 6.20. The van der Waals surface area contributed by atoms with Crippen molar-refractivity contribution in [3.05, 3.63) is 28.2 Å². The molecular formula is C14H21BrN2O. The average molecular weight is 313 g/mol. The third kappa shape index (κ3) is 4.69. The van der Waals surface area contributed by atoms with E-state index in [1.165, 1.54) is 5.56 Å². The van der Waals surface area contributed by atoms with Crippen molar-refractivity contribution in [1.82, 2.24) is 5.32 Å². The van der Waals surface area contributed by atoms with Crippen molar-refractivity contribution < 1.29 is 4.79 Å². The van der Waals surface area contributed by atoms with E-state index in [2.05, 4.69) is 40.4 Å². The summed E-state index contributed by atoms with van der Waals surface area (Å²) in [6.07, 6.45) is 0. The van der Waals surface area contributed by atoms with Crippen molar-refractivity contribution >= 4 is 27.5 Å². The normalized spacial score (nSPS) is 12.3. The second-order valence-corrected chi connectivity index (χ2v) is 5.82. The highest BCUT2D eigenvalue weighted by Crippen LogP contribution is 2.21. The van der Waals surface area contributed by atoms with Gasteiger partial charge in [0, 0.05) is 16.7 Å². The minimum Gasteiger partial charge on any atom is -0.374 e. The topological polar surface area (TPSA) is 41.1 Å². The molecule has 100 valence electrons. The Morgan fingerprint density at radius 1 is 1.33 bits per heavy atom. The Morgan fingerprint density at radius 3 is 2.56 bits per heavy atom. The molecule has 3 nitrogen and oxygen atoms in total. The van der Waals surface area contributed by atoms with E-state index in [0.717, 1.165) is 10.2 Å². The number of carbonyl (C=O) groups is 1. The number of nitrogens with one attached hydrogen (secondary N) is 2. The Balaban J connectivity index is 2.55. The molecule has 2 N–H and O–H groups in total. The van der Waals surface area contributed by atoms with Crippen LogP contribution in [0.3, 0.4) is 0 Å². The van der Waals surface area contributed by atoms with Gasteiger partial charge < -0.3 is 10.6 Å². The number of carbonyl (C=O) groups excluding carboxylic acids is 1. The van der Waals surface area contributed by atoms with Gasteiger partial charge in [-0.05, 0) is 37.5 Å². The lowest BCUT2D eigenvalue weighted by atomic mass is 10.2. The van der Waals surface area contributed by atoms with Crippen molar-refractivity contribution in [2.75, 3.05) is 11.9 Å². The molecule has 0 aromatic heterocycles. The molecule has 0 fully saturated rings. The zero-order valence-corrected chi connectivity index (χ0v) is 13.0. The van der Waals surface area contributed by atoms with E-state index in [4.69, 9.17) is 0 Å². The van der Waals surface area contributed by atoms with Gasteiger partial charge in [-0.2, -0.15) is 0 Å². The Hall–Kier alpha value is -1.03. The first-order valence-corrected chi connectivity index (χ1v) is 7.00. The van der Waals surface area contributed by atoms with Crippen molar-refractivity contribution in [2.45, 2.75) is 33.7 Å². The SMILES string of the molecule is Cc1ccc(NC(C)C(=O)NCC(C)C)cc1Br. The van der Waals surface area contributed by atoms with E-state index in [-0.39, 0.29) is 11.9 Å². The largest absolute Gasteiger partial charge is 0.374 e. The zero-order chi connectivity index (χ0) is 13.7. The summed E-state index contributed by atoms with van der Waals surface area (Å²) in [5.74, 6) is 0.495. The van der Waals surface area contributed by atoms with Crippen LogP contribution in [0.2, 0.25) is 0 Å². The fourth-order valence-electron chi connectivity index (χ4n) is 1.46. The number of halogens is 1. The molecule has 1 aromatic carbocycles. The number of amides is 1. The maximum absolute atomic E-state index is 11.8. The highest BCUT2D eigenvalue weighted by molar-refractivity contribution is 9.10. The van der Waals surface area contributed by atoms with Crippen molar-refractivity contribution in [1.29, 1.82) is 0 Å². The van der Waals surface area contributed by atoms with E-state index in [0.29, 0.717) is 12.5 Å². The molecular weight excluding hydrogens is 292 g/mol.